The summed E-state index contributed by atoms with van der Waals surface area (Å²) in [6, 6.07) is 4.99. The molecule has 1 saturated heterocycles. The number of aryl methyl sites for hydroxylation is 1. The molecule has 1 aliphatic heterocycles. The SMILES string of the molecule is COC(=O)C(CN)CCc1nc2ccc(S(=O)(=O)N3CCOCC3)cc2s1. The van der Waals surface area contributed by atoms with Crippen LogP contribution >= 0.6 is 11.3 Å². The molecule has 2 heterocycles. The van der Waals surface area contributed by atoms with Crippen LogP contribution in [0.1, 0.15) is 11.4 Å². The number of nitrogens with two attached hydrogens (primary N) is 1. The summed E-state index contributed by atoms with van der Waals surface area (Å²) in [7, 11) is -2.19. The number of carbonyl (C=O) groups excluding carboxylic acids is 1. The molecular weight excluding hydrogens is 390 g/mol. The van der Waals surface area contributed by atoms with Crippen LogP contribution < -0.4 is 5.73 Å². The molecule has 1 aromatic heterocycles. The van der Waals surface area contributed by atoms with Crippen LogP contribution in [0.5, 0.6) is 0 Å². The quantitative estimate of drug-likeness (QED) is 0.674. The van der Waals surface area contributed by atoms with E-state index in [2.05, 4.69) is 4.98 Å². The maximum atomic E-state index is 12.8. The highest BCUT2D eigenvalue weighted by Crippen LogP contribution is 2.28. The number of rotatable bonds is 7. The number of aromatic nitrogens is 1. The molecule has 1 atom stereocenters. The number of methoxy groups -OCH3 is 1. The molecule has 1 aliphatic rings. The summed E-state index contributed by atoms with van der Waals surface area (Å²) >= 11 is 1.43. The molecule has 1 aromatic carbocycles. The summed E-state index contributed by atoms with van der Waals surface area (Å²) in [6.07, 6.45) is 1.13. The fraction of sp³-hybridized carbons (Fsp3) is 0.529. The molecule has 0 saturated carbocycles. The third kappa shape index (κ3) is 4.46. The molecule has 1 unspecified atom stereocenters. The van der Waals surface area contributed by atoms with Crippen molar-refractivity contribution < 1.29 is 22.7 Å². The summed E-state index contributed by atoms with van der Waals surface area (Å²) in [5.74, 6) is -0.684. The van der Waals surface area contributed by atoms with Crippen LogP contribution in [-0.2, 0) is 30.7 Å². The van der Waals surface area contributed by atoms with Gasteiger partial charge < -0.3 is 15.2 Å². The van der Waals surface area contributed by atoms with Gasteiger partial charge in [0.15, 0.2) is 0 Å². The minimum absolute atomic E-state index is 0.222. The molecule has 2 aromatic rings. The van der Waals surface area contributed by atoms with E-state index >= 15 is 0 Å². The van der Waals surface area contributed by atoms with Crippen molar-refractivity contribution in [3.8, 4) is 0 Å². The molecule has 0 radical (unpaired) electrons. The number of sulfonamides is 1. The van der Waals surface area contributed by atoms with Gasteiger partial charge in [-0.25, -0.2) is 13.4 Å². The number of carbonyl (C=O) groups is 1. The Morgan fingerprint density at radius 3 is 2.81 bits per heavy atom. The van der Waals surface area contributed by atoms with Gasteiger partial charge in [0.25, 0.3) is 0 Å². The number of hydrogen-bond acceptors (Lipinski definition) is 8. The van der Waals surface area contributed by atoms with Gasteiger partial charge in [-0.15, -0.1) is 11.3 Å². The molecule has 0 bridgehead atoms. The molecule has 2 N–H and O–H groups in total. The zero-order valence-electron chi connectivity index (χ0n) is 15.1. The second-order valence-electron chi connectivity index (χ2n) is 6.25. The second kappa shape index (κ2) is 8.61. The van der Waals surface area contributed by atoms with Gasteiger partial charge >= 0.3 is 5.97 Å². The number of morpholine rings is 1. The van der Waals surface area contributed by atoms with Crippen LogP contribution in [0, 0.1) is 5.92 Å². The average molecular weight is 414 g/mol. The zero-order valence-corrected chi connectivity index (χ0v) is 16.7. The van der Waals surface area contributed by atoms with E-state index in [9.17, 15) is 13.2 Å². The Bertz CT molecular complexity index is 906. The lowest BCUT2D eigenvalue weighted by atomic mass is 10.0. The van der Waals surface area contributed by atoms with Gasteiger partial charge in [0, 0.05) is 26.1 Å². The topological polar surface area (TPSA) is 112 Å². The van der Waals surface area contributed by atoms with E-state index in [1.165, 1.54) is 22.8 Å². The van der Waals surface area contributed by atoms with Gasteiger partial charge in [-0.05, 0) is 24.6 Å². The average Bonchev–Trinajstić information content (AvgIpc) is 3.10. The molecule has 8 nitrogen and oxygen atoms in total. The number of ether oxygens (including phenoxy) is 2. The van der Waals surface area contributed by atoms with Crippen molar-refractivity contribution in [2.45, 2.75) is 17.7 Å². The molecule has 0 aliphatic carbocycles. The second-order valence-corrected chi connectivity index (χ2v) is 9.30. The van der Waals surface area contributed by atoms with Crippen molar-refractivity contribution in [3.05, 3.63) is 23.2 Å². The van der Waals surface area contributed by atoms with Crippen molar-refractivity contribution in [3.63, 3.8) is 0 Å². The van der Waals surface area contributed by atoms with Gasteiger partial charge in [-0.2, -0.15) is 4.31 Å². The van der Waals surface area contributed by atoms with E-state index in [0.29, 0.717) is 39.1 Å². The van der Waals surface area contributed by atoms with E-state index in [1.54, 1.807) is 18.2 Å². The summed E-state index contributed by atoms with van der Waals surface area (Å²) in [5.41, 5.74) is 6.38. The predicted molar refractivity (Wildman–Crippen MR) is 102 cm³/mol. The van der Waals surface area contributed by atoms with E-state index in [-0.39, 0.29) is 23.3 Å². The normalized spacial score (nSPS) is 17.1. The Balaban J connectivity index is 1.77. The van der Waals surface area contributed by atoms with Gasteiger partial charge in [-0.1, -0.05) is 0 Å². The van der Waals surface area contributed by atoms with Gasteiger partial charge in [-0.3, -0.25) is 4.79 Å². The van der Waals surface area contributed by atoms with Crippen LogP contribution in [0.4, 0.5) is 0 Å². The lowest BCUT2D eigenvalue weighted by Crippen LogP contribution is -2.40. The summed E-state index contributed by atoms with van der Waals surface area (Å²) in [5, 5.41) is 0.841. The van der Waals surface area contributed by atoms with Gasteiger partial charge in [0.05, 0.1) is 46.4 Å². The Hall–Kier alpha value is -1.59. The lowest BCUT2D eigenvalue weighted by Gasteiger charge is -2.25. The number of thiazole rings is 1. The predicted octanol–water partition coefficient (Wildman–Crippen LogP) is 0.998. The number of benzene rings is 1. The molecule has 27 heavy (non-hydrogen) atoms. The van der Waals surface area contributed by atoms with Crippen molar-refractivity contribution in [2.24, 2.45) is 11.7 Å². The van der Waals surface area contributed by atoms with E-state index in [4.69, 9.17) is 15.2 Å². The summed E-state index contributed by atoms with van der Waals surface area (Å²) in [4.78, 5) is 16.4. The standard InChI is InChI=1S/C17H23N3O5S2/c1-24-17(21)12(11-18)2-5-16-19-14-4-3-13(10-15(14)26-16)27(22,23)20-6-8-25-9-7-20/h3-4,10,12H,2,5-9,11,18H2,1H3. The van der Waals surface area contributed by atoms with E-state index in [0.717, 1.165) is 15.2 Å². The van der Waals surface area contributed by atoms with Crippen LogP contribution in [0.15, 0.2) is 23.1 Å². The monoisotopic (exact) mass is 413 g/mol. The summed E-state index contributed by atoms with van der Waals surface area (Å²) < 4.78 is 37.8. The number of fused-ring (bicyclic) bond motifs is 1. The molecule has 1 fully saturated rings. The third-order valence-electron chi connectivity index (χ3n) is 4.54. The smallest absolute Gasteiger partial charge is 0.309 e. The fourth-order valence-corrected chi connectivity index (χ4v) is 5.48. The minimum atomic E-state index is -3.53. The summed E-state index contributed by atoms with van der Waals surface area (Å²) in [6.45, 7) is 1.77. The number of esters is 1. The number of nitrogens with zero attached hydrogens (tertiary/aromatic N) is 2. The molecular formula is C17H23N3O5S2. The van der Waals surface area contributed by atoms with Gasteiger partial charge in [0.1, 0.15) is 0 Å². The highest BCUT2D eigenvalue weighted by atomic mass is 32.2. The zero-order chi connectivity index (χ0) is 19.4. The first-order valence-corrected chi connectivity index (χ1v) is 11.0. The van der Waals surface area contributed by atoms with Gasteiger partial charge in [0.2, 0.25) is 10.0 Å². The van der Waals surface area contributed by atoms with Crippen LogP contribution in [0.25, 0.3) is 10.2 Å². The fourth-order valence-electron chi connectivity index (χ4n) is 2.95. The Labute approximate surface area is 162 Å². The Kier molecular flexibility index (Phi) is 6.43. The third-order valence-corrected chi connectivity index (χ3v) is 7.51. The minimum Gasteiger partial charge on any atom is -0.469 e. The van der Waals surface area contributed by atoms with Crippen molar-refractivity contribution in [1.82, 2.24) is 9.29 Å². The maximum absolute atomic E-state index is 12.8. The van der Waals surface area contributed by atoms with Crippen molar-refractivity contribution in [1.29, 1.82) is 0 Å². The maximum Gasteiger partial charge on any atom is 0.309 e. The van der Waals surface area contributed by atoms with Crippen LogP contribution in [-0.4, -0.2) is 63.6 Å². The first-order valence-electron chi connectivity index (χ1n) is 8.71. The largest absolute Gasteiger partial charge is 0.469 e. The Morgan fingerprint density at radius 2 is 2.15 bits per heavy atom. The highest BCUT2D eigenvalue weighted by Gasteiger charge is 2.27. The highest BCUT2D eigenvalue weighted by molar-refractivity contribution is 7.89. The van der Waals surface area contributed by atoms with Crippen LogP contribution in [0.2, 0.25) is 0 Å². The number of hydrogen-bond donors (Lipinski definition) is 1. The van der Waals surface area contributed by atoms with E-state index in [1.807, 2.05) is 0 Å². The molecule has 3 rings (SSSR count). The molecule has 0 amide bonds. The Morgan fingerprint density at radius 1 is 1.41 bits per heavy atom. The molecule has 148 valence electrons. The van der Waals surface area contributed by atoms with E-state index < -0.39 is 10.0 Å². The lowest BCUT2D eigenvalue weighted by molar-refractivity contribution is -0.145. The molecule has 10 heteroatoms. The molecule has 0 spiro atoms. The van der Waals surface area contributed by atoms with Crippen molar-refractivity contribution in [2.75, 3.05) is 40.0 Å². The van der Waals surface area contributed by atoms with Crippen LogP contribution in [0.3, 0.4) is 0 Å². The van der Waals surface area contributed by atoms with Crippen molar-refractivity contribution >= 4 is 37.5 Å². The first-order chi connectivity index (χ1) is 13.0. The first kappa shape index (κ1) is 20.2.